The van der Waals surface area contributed by atoms with E-state index in [1.165, 1.54) is 0 Å². The Morgan fingerprint density at radius 1 is 1.47 bits per heavy atom. The molecule has 0 spiro atoms. The van der Waals surface area contributed by atoms with Gasteiger partial charge in [0.25, 0.3) is 0 Å². The Morgan fingerprint density at radius 2 is 2.18 bits per heavy atom. The minimum absolute atomic E-state index is 0.312. The first-order valence-corrected chi connectivity index (χ1v) is 5.70. The number of carbonyl (C=O) groups is 2. The predicted octanol–water partition coefficient (Wildman–Crippen LogP) is 2.43. The van der Waals surface area contributed by atoms with Crippen LogP contribution in [0.5, 0.6) is 0 Å². The van der Waals surface area contributed by atoms with E-state index in [9.17, 15) is 9.59 Å². The smallest absolute Gasteiger partial charge is 0.338 e. The van der Waals surface area contributed by atoms with Crippen LogP contribution in [0.3, 0.4) is 0 Å². The first-order chi connectivity index (χ1) is 8.04. The van der Waals surface area contributed by atoms with Crippen molar-refractivity contribution >= 4 is 29.2 Å². The first kappa shape index (κ1) is 13.5. The molecule has 1 rings (SSSR count). The van der Waals surface area contributed by atoms with Gasteiger partial charge in [-0.3, -0.25) is 4.79 Å². The average molecular weight is 256 g/mol. The highest BCUT2D eigenvalue weighted by atomic mass is 35.5. The summed E-state index contributed by atoms with van der Waals surface area (Å²) in [6.45, 7) is 3.62. The third-order valence-electron chi connectivity index (χ3n) is 2.00. The van der Waals surface area contributed by atoms with Crippen LogP contribution in [0.25, 0.3) is 0 Å². The molecule has 0 fully saturated rings. The van der Waals surface area contributed by atoms with Crippen LogP contribution in [-0.2, 0) is 9.53 Å². The van der Waals surface area contributed by atoms with Crippen LogP contribution in [0, 0.1) is 0 Å². The predicted molar refractivity (Wildman–Crippen MR) is 66.3 cm³/mol. The number of alkyl halides is 1. The van der Waals surface area contributed by atoms with E-state index in [1.807, 2.05) is 0 Å². The second kappa shape index (κ2) is 6.25. The minimum atomic E-state index is -0.624. The van der Waals surface area contributed by atoms with Gasteiger partial charge in [-0.15, -0.1) is 11.6 Å². The quantitative estimate of drug-likeness (QED) is 0.664. The van der Waals surface area contributed by atoms with E-state index in [4.69, 9.17) is 16.3 Å². The zero-order valence-electron chi connectivity index (χ0n) is 9.70. The van der Waals surface area contributed by atoms with Crippen molar-refractivity contribution in [2.45, 2.75) is 19.2 Å². The molecule has 0 aliphatic carbocycles. The van der Waals surface area contributed by atoms with Gasteiger partial charge in [0.15, 0.2) is 0 Å². The molecule has 1 amide bonds. The molecule has 0 radical (unpaired) electrons. The maximum absolute atomic E-state index is 11.5. The topological polar surface area (TPSA) is 55.4 Å². The summed E-state index contributed by atoms with van der Waals surface area (Å²) in [4.78, 5) is 22.8. The third kappa shape index (κ3) is 4.07. The molecule has 0 aromatic heterocycles. The fourth-order valence-electron chi connectivity index (χ4n) is 1.18. The second-order valence-corrected chi connectivity index (χ2v) is 4.06. The van der Waals surface area contributed by atoms with Gasteiger partial charge in [-0.1, -0.05) is 6.07 Å². The molecule has 0 aliphatic heterocycles. The Kier molecular flexibility index (Phi) is 4.97. The number of carbonyl (C=O) groups excluding carboxylic acids is 2. The largest absolute Gasteiger partial charge is 0.462 e. The van der Waals surface area contributed by atoms with Crippen LogP contribution in [0.15, 0.2) is 24.3 Å². The zero-order valence-corrected chi connectivity index (χ0v) is 10.5. The SMILES string of the molecule is CCOC(=O)c1cccc(NC(=O)C(C)Cl)c1. The average Bonchev–Trinajstić information content (AvgIpc) is 2.29. The van der Waals surface area contributed by atoms with Crippen LogP contribution >= 0.6 is 11.6 Å². The Labute approximate surface area is 105 Å². The molecule has 0 aliphatic rings. The lowest BCUT2D eigenvalue weighted by Gasteiger charge is -2.08. The van der Waals surface area contributed by atoms with Crippen molar-refractivity contribution in [3.63, 3.8) is 0 Å². The van der Waals surface area contributed by atoms with Gasteiger partial charge in [0.05, 0.1) is 12.2 Å². The molecule has 1 atom stereocenters. The monoisotopic (exact) mass is 255 g/mol. The van der Waals surface area contributed by atoms with Crippen molar-refractivity contribution in [3.05, 3.63) is 29.8 Å². The third-order valence-corrected chi connectivity index (χ3v) is 2.20. The van der Waals surface area contributed by atoms with Crippen LogP contribution < -0.4 is 5.32 Å². The number of hydrogen-bond donors (Lipinski definition) is 1. The Bertz CT molecular complexity index is 418. The number of anilines is 1. The number of amides is 1. The second-order valence-electron chi connectivity index (χ2n) is 3.41. The summed E-state index contributed by atoms with van der Waals surface area (Å²) < 4.78 is 4.86. The lowest BCUT2D eigenvalue weighted by molar-refractivity contribution is -0.115. The molecular weight excluding hydrogens is 242 g/mol. The lowest BCUT2D eigenvalue weighted by atomic mass is 10.2. The molecule has 5 heteroatoms. The van der Waals surface area contributed by atoms with Gasteiger partial charge in [0, 0.05) is 5.69 Å². The van der Waals surface area contributed by atoms with Crippen LogP contribution in [-0.4, -0.2) is 23.9 Å². The van der Waals surface area contributed by atoms with Gasteiger partial charge in [-0.05, 0) is 32.0 Å². The summed E-state index contributed by atoms with van der Waals surface area (Å²) in [6.07, 6.45) is 0. The molecule has 4 nitrogen and oxygen atoms in total. The van der Waals surface area contributed by atoms with Gasteiger partial charge in [-0.2, -0.15) is 0 Å². The van der Waals surface area contributed by atoms with Gasteiger partial charge in [0.1, 0.15) is 5.38 Å². The molecule has 1 aromatic carbocycles. The molecule has 1 aromatic rings. The summed E-state index contributed by atoms with van der Waals surface area (Å²) in [6, 6.07) is 6.52. The van der Waals surface area contributed by atoms with Crippen LogP contribution in [0.1, 0.15) is 24.2 Å². The Morgan fingerprint density at radius 3 is 2.76 bits per heavy atom. The molecule has 0 saturated carbocycles. The van der Waals surface area contributed by atoms with E-state index in [-0.39, 0.29) is 5.91 Å². The number of esters is 1. The van der Waals surface area contributed by atoms with Crippen molar-refractivity contribution in [3.8, 4) is 0 Å². The van der Waals surface area contributed by atoms with Gasteiger partial charge in [0.2, 0.25) is 5.91 Å². The van der Waals surface area contributed by atoms with E-state index in [2.05, 4.69) is 5.32 Å². The molecule has 17 heavy (non-hydrogen) atoms. The number of halogens is 1. The summed E-state index contributed by atoms with van der Waals surface area (Å²) in [5.41, 5.74) is 0.917. The molecule has 0 bridgehead atoms. The normalized spacial score (nSPS) is 11.7. The van der Waals surface area contributed by atoms with Crippen molar-refractivity contribution in [1.82, 2.24) is 0 Å². The highest BCUT2D eigenvalue weighted by Crippen LogP contribution is 2.12. The fourth-order valence-corrected chi connectivity index (χ4v) is 1.23. The zero-order chi connectivity index (χ0) is 12.8. The summed E-state index contributed by atoms with van der Waals surface area (Å²) >= 11 is 5.63. The summed E-state index contributed by atoms with van der Waals surface area (Å²) in [5.74, 6) is -0.727. The fraction of sp³-hybridized carbons (Fsp3) is 0.333. The van der Waals surface area contributed by atoms with E-state index in [0.717, 1.165) is 0 Å². The molecule has 92 valence electrons. The maximum Gasteiger partial charge on any atom is 0.338 e. The van der Waals surface area contributed by atoms with Gasteiger partial charge < -0.3 is 10.1 Å². The highest BCUT2D eigenvalue weighted by molar-refractivity contribution is 6.32. The molecule has 0 heterocycles. The lowest BCUT2D eigenvalue weighted by Crippen LogP contribution is -2.20. The number of benzene rings is 1. The number of nitrogens with one attached hydrogen (secondary N) is 1. The minimum Gasteiger partial charge on any atom is -0.462 e. The summed E-state index contributed by atoms with van der Waals surface area (Å²) in [5, 5.41) is 1.98. The van der Waals surface area contributed by atoms with Crippen molar-refractivity contribution in [2.24, 2.45) is 0 Å². The Balaban J connectivity index is 2.79. The molecular formula is C12H14ClNO3. The van der Waals surface area contributed by atoms with E-state index in [0.29, 0.717) is 17.9 Å². The standard InChI is InChI=1S/C12H14ClNO3/c1-3-17-12(16)9-5-4-6-10(7-9)14-11(15)8(2)13/h4-8H,3H2,1-2H3,(H,14,15). The van der Waals surface area contributed by atoms with Crippen molar-refractivity contribution in [2.75, 3.05) is 11.9 Å². The number of hydrogen-bond acceptors (Lipinski definition) is 3. The molecule has 1 N–H and O–H groups in total. The van der Waals surface area contributed by atoms with Crippen molar-refractivity contribution in [1.29, 1.82) is 0 Å². The van der Waals surface area contributed by atoms with Gasteiger partial charge in [-0.25, -0.2) is 4.79 Å². The molecule has 1 unspecified atom stereocenters. The van der Waals surface area contributed by atoms with Crippen LogP contribution in [0.2, 0.25) is 0 Å². The van der Waals surface area contributed by atoms with E-state index >= 15 is 0 Å². The number of ether oxygens (including phenoxy) is 1. The molecule has 0 saturated heterocycles. The number of rotatable bonds is 4. The Hall–Kier alpha value is -1.55. The van der Waals surface area contributed by atoms with E-state index in [1.54, 1.807) is 38.1 Å². The first-order valence-electron chi connectivity index (χ1n) is 5.26. The van der Waals surface area contributed by atoms with Crippen LogP contribution in [0.4, 0.5) is 5.69 Å². The van der Waals surface area contributed by atoms with E-state index < -0.39 is 11.3 Å². The summed E-state index contributed by atoms with van der Waals surface area (Å²) in [7, 11) is 0. The van der Waals surface area contributed by atoms with Crippen molar-refractivity contribution < 1.29 is 14.3 Å². The maximum atomic E-state index is 11.5. The van der Waals surface area contributed by atoms with Gasteiger partial charge >= 0.3 is 5.97 Å². The highest BCUT2D eigenvalue weighted by Gasteiger charge is 2.11.